The molecule has 0 spiro atoms. The molecular weight excluding hydrogens is 329 g/mol. The molecule has 0 aromatic heterocycles. The minimum absolute atomic E-state index is 0. The van der Waals surface area contributed by atoms with Crippen LogP contribution in [-0.2, 0) is 6.18 Å². The molecule has 1 aliphatic rings. The summed E-state index contributed by atoms with van der Waals surface area (Å²) in [5.41, 5.74) is 4.90. The molecule has 0 bridgehead atoms. The summed E-state index contributed by atoms with van der Waals surface area (Å²) in [6.07, 6.45) is 0.121. The van der Waals surface area contributed by atoms with Gasteiger partial charge < -0.3 is 5.73 Å². The van der Waals surface area contributed by atoms with Crippen molar-refractivity contribution in [1.29, 1.82) is 0 Å². The van der Waals surface area contributed by atoms with E-state index in [-0.39, 0.29) is 23.9 Å². The van der Waals surface area contributed by atoms with E-state index in [0.717, 1.165) is 38.2 Å². The minimum atomic E-state index is -4.56. The van der Waals surface area contributed by atoms with E-state index in [4.69, 9.17) is 17.3 Å². The number of rotatable bonds is 2. The van der Waals surface area contributed by atoms with Gasteiger partial charge >= 0.3 is 6.18 Å². The summed E-state index contributed by atoms with van der Waals surface area (Å²) >= 11 is 5.58. The summed E-state index contributed by atoms with van der Waals surface area (Å²) in [6.45, 7) is 0. The summed E-state index contributed by atoms with van der Waals surface area (Å²) in [4.78, 5) is 0. The summed E-state index contributed by atoms with van der Waals surface area (Å²) in [5.74, 6) is -0.824. The molecule has 2 N–H and O–H groups in total. The number of hydrogen-bond acceptors (Lipinski definition) is 1. The SMILES string of the molecule is Cl.N[C@@H](c1cc(C(F)(F)F)cc(Cl)c1F)C1CCCCC1. The van der Waals surface area contributed by atoms with E-state index in [9.17, 15) is 17.6 Å². The Bertz CT molecular complexity index is 485. The smallest absolute Gasteiger partial charge is 0.324 e. The Morgan fingerprint density at radius 2 is 1.71 bits per heavy atom. The maximum atomic E-state index is 14.0. The van der Waals surface area contributed by atoms with Crippen LogP contribution in [0.25, 0.3) is 0 Å². The van der Waals surface area contributed by atoms with Gasteiger partial charge in [-0.1, -0.05) is 30.9 Å². The summed E-state index contributed by atoms with van der Waals surface area (Å²) in [6, 6.07) is 0.657. The van der Waals surface area contributed by atoms with Gasteiger partial charge in [-0.15, -0.1) is 12.4 Å². The lowest BCUT2D eigenvalue weighted by Gasteiger charge is -2.28. The van der Waals surface area contributed by atoms with Gasteiger partial charge in [0.05, 0.1) is 10.6 Å². The third kappa shape index (κ3) is 4.24. The highest BCUT2D eigenvalue weighted by molar-refractivity contribution is 6.30. The number of halogens is 6. The van der Waals surface area contributed by atoms with E-state index >= 15 is 0 Å². The van der Waals surface area contributed by atoms with Crippen LogP contribution in [0.5, 0.6) is 0 Å². The quantitative estimate of drug-likeness (QED) is 0.703. The Morgan fingerprint density at radius 1 is 1.14 bits per heavy atom. The van der Waals surface area contributed by atoms with Gasteiger partial charge in [0.25, 0.3) is 0 Å². The van der Waals surface area contributed by atoms with Gasteiger partial charge in [0.15, 0.2) is 0 Å². The Kier molecular flexibility index (Phi) is 6.32. The van der Waals surface area contributed by atoms with Gasteiger partial charge in [-0.25, -0.2) is 4.39 Å². The Morgan fingerprint density at radius 3 is 2.24 bits per heavy atom. The molecule has 1 fully saturated rings. The first-order valence-corrected chi connectivity index (χ1v) is 7.00. The first kappa shape index (κ1) is 18.5. The first-order chi connectivity index (χ1) is 9.30. The van der Waals surface area contributed by atoms with Gasteiger partial charge in [0, 0.05) is 11.6 Å². The highest BCUT2D eigenvalue weighted by Crippen LogP contribution is 2.39. The number of benzene rings is 1. The summed E-state index contributed by atoms with van der Waals surface area (Å²) in [5, 5.41) is -0.527. The second kappa shape index (κ2) is 7.16. The van der Waals surface area contributed by atoms with Crippen LogP contribution in [-0.4, -0.2) is 0 Å². The van der Waals surface area contributed by atoms with Gasteiger partial charge in [-0.3, -0.25) is 0 Å². The zero-order valence-electron chi connectivity index (χ0n) is 11.2. The van der Waals surface area contributed by atoms with Crippen LogP contribution >= 0.6 is 24.0 Å². The van der Waals surface area contributed by atoms with Crippen LogP contribution in [0.1, 0.15) is 49.3 Å². The van der Waals surface area contributed by atoms with Crippen molar-refractivity contribution in [3.63, 3.8) is 0 Å². The average molecular weight is 346 g/mol. The van der Waals surface area contributed by atoms with E-state index in [1.165, 1.54) is 0 Å². The topological polar surface area (TPSA) is 26.0 Å². The van der Waals surface area contributed by atoms with Crippen LogP contribution in [0, 0.1) is 11.7 Å². The van der Waals surface area contributed by atoms with E-state index < -0.39 is 28.6 Å². The van der Waals surface area contributed by atoms with Gasteiger partial charge in [-0.2, -0.15) is 13.2 Å². The fourth-order valence-electron chi connectivity index (χ4n) is 2.76. The molecule has 2 rings (SSSR count). The maximum absolute atomic E-state index is 14.0. The zero-order valence-corrected chi connectivity index (χ0v) is 12.8. The molecule has 21 heavy (non-hydrogen) atoms. The Hall–Kier alpha value is -0.520. The lowest BCUT2D eigenvalue weighted by molar-refractivity contribution is -0.137. The largest absolute Gasteiger partial charge is 0.416 e. The van der Waals surface area contributed by atoms with Crippen LogP contribution in [0.4, 0.5) is 17.6 Å². The fourth-order valence-corrected chi connectivity index (χ4v) is 2.99. The molecule has 0 aliphatic heterocycles. The maximum Gasteiger partial charge on any atom is 0.416 e. The second-order valence-electron chi connectivity index (χ2n) is 5.28. The van der Waals surface area contributed by atoms with Crippen LogP contribution in [0.3, 0.4) is 0 Å². The molecule has 1 aromatic rings. The third-order valence-electron chi connectivity index (χ3n) is 3.90. The van der Waals surface area contributed by atoms with Crippen molar-refractivity contribution in [2.75, 3.05) is 0 Å². The van der Waals surface area contributed by atoms with Gasteiger partial charge in [0.2, 0.25) is 0 Å². The zero-order chi connectivity index (χ0) is 14.9. The van der Waals surface area contributed by atoms with Crippen molar-refractivity contribution < 1.29 is 17.6 Å². The molecule has 1 atom stereocenters. The monoisotopic (exact) mass is 345 g/mol. The predicted octanol–water partition coefficient (Wildman–Crippen LogP) is 5.50. The normalized spacial score (nSPS) is 18.2. The number of hydrogen-bond donors (Lipinski definition) is 1. The first-order valence-electron chi connectivity index (χ1n) is 6.62. The molecule has 0 radical (unpaired) electrons. The highest BCUT2D eigenvalue weighted by Gasteiger charge is 2.34. The number of nitrogens with two attached hydrogens (primary N) is 1. The van der Waals surface area contributed by atoms with Crippen molar-refractivity contribution in [3.05, 3.63) is 34.1 Å². The highest BCUT2D eigenvalue weighted by atomic mass is 35.5. The Balaban J connectivity index is 0.00000220. The van der Waals surface area contributed by atoms with Crippen LogP contribution in [0.15, 0.2) is 12.1 Å². The Labute approximate surface area is 132 Å². The molecule has 0 amide bonds. The molecule has 7 heteroatoms. The molecule has 0 heterocycles. The molecule has 1 saturated carbocycles. The van der Waals surface area contributed by atoms with Crippen molar-refractivity contribution >= 4 is 24.0 Å². The molecule has 120 valence electrons. The van der Waals surface area contributed by atoms with Gasteiger partial charge in [0.1, 0.15) is 5.82 Å². The lowest BCUT2D eigenvalue weighted by atomic mass is 9.81. The molecule has 0 unspecified atom stereocenters. The van der Waals surface area contributed by atoms with Crippen LogP contribution in [0.2, 0.25) is 5.02 Å². The molecule has 0 saturated heterocycles. The number of alkyl halides is 3. The van der Waals surface area contributed by atoms with Crippen molar-refractivity contribution in [2.24, 2.45) is 11.7 Å². The predicted molar refractivity (Wildman–Crippen MR) is 77.2 cm³/mol. The average Bonchev–Trinajstić information content (AvgIpc) is 2.40. The lowest BCUT2D eigenvalue weighted by Crippen LogP contribution is -2.25. The van der Waals surface area contributed by atoms with E-state index in [1.54, 1.807) is 0 Å². The summed E-state index contributed by atoms with van der Waals surface area (Å²) in [7, 11) is 0. The minimum Gasteiger partial charge on any atom is -0.324 e. The van der Waals surface area contributed by atoms with Crippen LogP contribution < -0.4 is 5.73 Å². The molecule has 1 nitrogen and oxygen atoms in total. The van der Waals surface area contributed by atoms with Crippen molar-refractivity contribution in [1.82, 2.24) is 0 Å². The second-order valence-corrected chi connectivity index (χ2v) is 5.69. The van der Waals surface area contributed by atoms with E-state index in [0.29, 0.717) is 6.07 Å². The fraction of sp³-hybridized carbons (Fsp3) is 0.571. The summed E-state index contributed by atoms with van der Waals surface area (Å²) < 4.78 is 52.3. The van der Waals surface area contributed by atoms with Crippen molar-refractivity contribution in [3.8, 4) is 0 Å². The molecule has 1 aromatic carbocycles. The van der Waals surface area contributed by atoms with Crippen molar-refractivity contribution in [2.45, 2.75) is 44.3 Å². The van der Waals surface area contributed by atoms with E-state index in [1.807, 2.05) is 0 Å². The van der Waals surface area contributed by atoms with Gasteiger partial charge in [-0.05, 0) is 30.9 Å². The molecular formula is C14H17Cl2F4N. The van der Waals surface area contributed by atoms with E-state index in [2.05, 4.69) is 0 Å². The third-order valence-corrected chi connectivity index (χ3v) is 4.18. The molecule has 1 aliphatic carbocycles. The standard InChI is InChI=1S/C14H16ClF4N.ClH/c15-11-7-9(14(17,18)19)6-10(12(11)16)13(20)8-4-2-1-3-5-8;/h6-8,13H,1-5,20H2;1H/t13-;/m1./s1.